The van der Waals surface area contributed by atoms with Crippen molar-refractivity contribution in [3.63, 3.8) is 0 Å². The molecule has 7 nitrogen and oxygen atoms in total. The van der Waals surface area contributed by atoms with Gasteiger partial charge in [-0.05, 0) is 23.8 Å². The smallest absolute Gasteiger partial charge is 0.267 e. The van der Waals surface area contributed by atoms with E-state index < -0.39 is 10.2 Å². The van der Waals surface area contributed by atoms with Crippen LogP contribution in [0.3, 0.4) is 0 Å². The molecule has 0 aliphatic heterocycles. The molecule has 154 valence electrons. The van der Waals surface area contributed by atoms with Crippen LogP contribution in [0.15, 0.2) is 83.7 Å². The number of nitrogens with zero attached hydrogens (tertiary/aromatic N) is 2. The summed E-state index contributed by atoms with van der Waals surface area (Å²) in [7, 11) is -3.75. The lowest BCUT2D eigenvalue weighted by molar-refractivity contribution is 0.583. The Labute approximate surface area is 179 Å². The van der Waals surface area contributed by atoms with Crippen LogP contribution in [0.4, 0.5) is 0 Å². The van der Waals surface area contributed by atoms with E-state index in [-0.39, 0.29) is 24.5 Å². The van der Waals surface area contributed by atoms with Gasteiger partial charge in [-0.3, -0.25) is 4.79 Å². The maximum absolute atomic E-state index is 13.0. The molecule has 0 aliphatic carbocycles. The molecule has 0 atom stereocenters. The van der Waals surface area contributed by atoms with Crippen molar-refractivity contribution in [1.82, 2.24) is 14.5 Å². The van der Waals surface area contributed by atoms with Gasteiger partial charge in [0.25, 0.3) is 15.8 Å². The molecule has 0 radical (unpaired) electrons. The minimum absolute atomic E-state index is 0. The first-order valence-corrected chi connectivity index (χ1v) is 10.4. The monoisotopic (exact) mass is 442 g/mol. The largest absolute Gasteiger partial charge is 0.279 e. The van der Waals surface area contributed by atoms with Crippen molar-refractivity contribution in [3.8, 4) is 16.9 Å². The van der Waals surface area contributed by atoms with Crippen molar-refractivity contribution in [1.29, 1.82) is 0 Å². The number of para-hydroxylation sites is 1. The van der Waals surface area contributed by atoms with Gasteiger partial charge in [-0.2, -0.15) is 22.9 Å². The fourth-order valence-electron chi connectivity index (χ4n) is 3.11. The maximum atomic E-state index is 13.0. The number of hydrogen-bond donors (Lipinski definition) is 2. The number of nitrogens with one attached hydrogen (secondary N) is 1. The van der Waals surface area contributed by atoms with E-state index in [1.807, 2.05) is 60.7 Å². The van der Waals surface area contributed by atoms with Gasteiger partial charge in [0.1, 0.15) is 0 Å². The van der Waals surface area contributed by atoms with E-state index in [0.29, 0.717) is 16.8 Å². The van der Waals surface area contributed by atoms with E-state index >= 15 is 0 Å². The van der Waals surface area contributed by atoms with Gasteiger partial charge in [0.2, 0.25) is 0 Å². The third kappa shape index (κ3) is 4.58. The van der Waals surface area contributed by atoms with Crippen LogP contribution in [0, 0.1) is 0 Å². The molecule has 0 saturated carbocycles. The predicted molar refractivity (Wildman–Crippen MR) is 120 cm³/mol. The second-order valence-corrected chi connectivity index (χ2v) is 7.89. The minimum Gasteiger partial charge on any atom is -0.267 e. The Balaban J connectivity index is 0.00000256. The average molecular weight is 443 g/mol. The number of benzene rings is 3. The lowest BCUT2D eigenvalue weighted by atomic mass is 10.0. The summed E-state index contributed by atoms with van der Waals surface area (Å²) in [5, 5.41) is 10.9. The van der Waals surface area contributed by atoms with Crippen LogP contribution in [0.25, 0.3) is 27.7 Å². The molecule has 1 heterocycles. The van der Waals surface area contributed by atoms with E-state index in [9.17, 15) is 13.2 Å². The van der Waals surface area contributed by atoms with E-state index in [4.69, 9.17) is 5.14 Å². The van der Waals surface area contributed by atoms with Crippen molar-refractivity contribution < 1.29 is 8.42 Å². The molecule has 4 aromatic rings. The first-order valence-electron chi connectivity index (χ1n) is 8.86. The fourth-order valence-corrected chi connectivity index (χ4v) is 3.48. The van der Waals surface area contributed by atoms with Gasteiger partial charge < -0.3 is 0 Å². The molecule has 0 aliphatic rings. The highest BCUT2D eigenvalue weighted by molar-refractivity contribution is 7.87. The van der Waals surface area contributed by atoms with Crippen molar-refractivity contribution in [2.45, 2.75) is 6.54 Å². The van der Waals surface area contributed by atoms with Crippen LogP contribution in [0.5, 0.6) is 0 Å². The molecule has 0 spiro atoms. The molecule has 3 N–H and O–H groups in total. The Hall–Kier alpha value is -3.04. The van der Waals surface area contributed by atoms with Crippen molar-refractivity contribution in [3.05, 3.63) is 94.8 Å². The summed E-state index contributed by atoms with van der Waals surface area (Å²) >= 11 is 0. The van der Waals surface area contributed by atoms with Crippen molar-refractivity contribution in [2.75, 3.05) is 0 Å². The molecular formula is C21H19ClN4O3S. The molecule has 1 aromatic heterocycles. The minimum atomic E-state index is -3.75. The number of hydrogen-bond acceptors (Lipinski definition) is 4. The maximum Gasteiger partial charge on any atom is 0.279 e. The predicted octanol–water partition coefficient (Wildman–Crippen LogP) is 2.77. The van der Waals surface area contributed by atoms with Crippen LogP contribution in [-0.4, -0.2) is 18.2 Å². The third-order valence-electron chi connectivity index (χ3n) is 4.51. The number of rotatable bonds is 5. The summed E-state index contributed by atoms with van der Waals surface area (Å²) in [5.74, 6) is 0. The highest BCUT2D eigenvalue weighted by Gasteiger charge is 2.13. The second-order valence-electron chi connectivity index (χ2n) is 6.51. The van der Waals surface area contributed by atoms with Crippen LogP contribution < -0.4 is 15.4 Å². The summed E-state index contributed by atoms with van der Waals surface area (Å²) < 4.78 is 25.8. The Morgan fingerprint density at radius 1 is 0.867 bits per heavy atom. The van der Waals surface area contributed by atoms with Gasteiger partial charge >= 0.3 is 0 Å². The Bertz CT molecular complexity index is 1340. The second kappa shape index (κ2) is 8.76. The van der Waals surface area contributed by atoms with Gasteiger partial charge in [0.15, 0.2) is 0 Å². The molecule has 0 fully saturated rings. The molecule has 3 aromatic carbocycles. The van der Waals surface area contributed by atoms with E-state index in [1.54, 1.807) is 18.2 Å². The average Bonchev–Trinajstić information content (AvgIpc) is 2.73. The Morgan fingerprint density at radius 2 is 1.47 bits per heavy atom. The first-order chi connectivity index (χ1) is 13.9. The van der Waals surface area contributed by atoms with Crippen molar-refractivity contribution in [2.24, 2.45) is 5.14 Å². The summed E-state index contributed by atoms with van der Waals surface area (Å²) in [6.07, 6.45) is 0. The standard InChI is InChI=1S/C21H18N4O3S.ClH/c22-29(27,28)23-14-15-10-12-16(13-11-15)20-18-8-4-5-9-19(18)21(26)25(24-20)17-6-2-1-3-7-17;/h1-13,23H,14H2,(H2,22,27,28);1H. The number of aromatic nitrogens is 2. The third-order valence-corrected chi connectivity index (χ3v) is 5.06. The molecule has 9 heteroatoms. The molecule has 0 amide bonds. The summed E-state index contributed by atoms with van der Waals surface area (Å²) in [6.45, 7) is 0.0941. The fraction of sp³-hybridized carbons (Fsp3) is 0.0476. The van der Waals surface area contributed by atoms with E-state index in [1.165, 1.54) is 4.68 Å². The van der Waals surface area contributed by atoms with Crippen LogP contribution >= 0.6 is 12.4 Å². The number of fused-ring (bicyclic) bond motifs is 1. The normalized spacial score (nSPS) is 11.2. The first kappa shape index (κ1) is 21.7. The topological polar surface area (TPSA) is 107 Å². The van der Waals surface area contributed by atoms with Gasteiger partial charge in [-0.25, -0.2) is 5.14 Å². The molecule has 0 bridgehead atoms. The molecule has 30 heavy (non-hydrogen) atoms. The lowest BCUT2D eigenvalue weighted by Gasteiger charge is -2.12. The zero-order valence-electron chi connectivity index (χ0n) is 15.7. The van der Waals surface area contributed by atoms with Crippen LogP contribution in [0.1, 0.15) is 5.56 Å². The van der Waals surface area contributed by atoms with E-state index in [2.05, 4.69) is 9.82 Å². The highest BCUT2D eigenvalue weighted by Crippen LogP contribution is 2.25. The summed E-state index contributed by atoms with van der Waals surface area (Å²) in [4.78, 5) is 13.0. The van der Waals surface area contributed by atoms with Crippen LogP contribution in [-0.2, 0) is 16.8 Å². The number of nitrogens with two attached hydrogens (primary N) is 1. The Morgan fingerprint density at radius 3 is 2.10 bits per heavy atom. The van der Waals surface area contributed by atoms with Gasteiger partial charge in [-0.15, -0.1) is 12.4 Å². The SMILES string of the molecule is Cl.NS(=O)(=O)NCc1ccc(-c2nn(-c3ccccc3)c(=O)c3ccccc23)cc1. The van der Waals surface area contributed by atoms with Gasteiger partial charge in [0.05, 0.1) is 16.8 Å². The molecule has 0 saturated heterocycles. The van der Waals surface area contributed by atoms with Gasteiger partial charge in [-0.1, -0.05) is 60.7 Å². The molecule has 0 unspecified atom stereocenters. The zero-order chi connectivity index (χ0) is 20.4. The summed E-state index contributed by atoms with van der Waals surface area (Å²) in [5.41, 5.74) is 2.71. The van der Waals surface area contributed by atoms with Crippen molar-refractivity contribution >= 4 is 33.4 Å². The summed E-state index contributed by atoms with van der Waals surface area (Å²) in [6, 6.07) is 23.9. The molecule has 4 rings (SSSR count). The van der Waals surface area contributed by atoms with Gasteiger partial charge in [0, 0.05) is 17.5 Å². The quantitative estimate of drug-likeness (QED) is 0.495. The Kier molecular flexibility index (Phi) is 6.33. The number of halogens is 1. The zero-order valence-corrected chi connectivity index (χ0v) is 17.4. The molecular weight excluding hydrogens is 424 g/mol. The lowest BCUT2D eigenvalue weighted by Crippen LogP contribution is -2.30. The highest BCUT2D eigenvalue weighted by atomic mass is 35.5. The van der Waals surface area contributed by atoms with E-state index in [0.717, 1.165) is 16.5 Å². The van der Waals surface area contributed by atoms with Crippen LogP contribution in [0.2, 0.25) is 0 Å².